The molecule has 0 unspecified atom stereocenters. The van der Waals surface area contributed by atoms with Crippen molar-refractivity contribution in [2.75, 3.05) is 12.8 Å². The largest absolute Gasteiger partial charge is 0.297 e. The molecule has 0 bridgehead atoms. The highest BCUT2D eigenvalue weighted by Gasteiger charge is 2.23. The molecule has 0 spiro atoms. The van der Waals surface area contributed by atoms with E-state index in [2.05, 4.69) is 33.9 Å². The Morgan fingerprint density at radius 3 is 2.74 bits per heavy atom. The standard InChI is InChI=1S/C16H19N3O3S/c1-11-5-3-4-6-12(11)9-19-8-7-13-14(10-19)17-16(18-15(13)20)23(2,21)22/h3-6H,7-10H2,1-2H3,(H,17,18,20). The van der Waals surface area contributed by atoms with Crippen LogP contribution in [0.15, 0.2) is 34.2 Å². The van der Waals surface area contributed by atoms with E-state index in [1.54, 1.807) is 0 Å². The summed E-state index contributed by atoms with van der Waals surface area (Å²) in [6.07, 6.45) is 1.62. The van der Waals surface area contributed by atoms with Gasteiger partial charge in [-0.05, 0) is 24.5 Å². The fourth-order valence-corrected chi connectivity index (χ4v) is 3.36. The Balaban J connectivity index is 1.90. The first-order valence-electron chi connectivity index (χ1n) is 7.43. The molecule has 1 aliphatic rings. The van der Waals surface area contributed by atoms with Gasteiger partial charge in [0.1, 0.15) is 0 Å². The molecule has 0 aliphatic carbocycles. The first-order valence-corrected chi connectivity index (χ1v) is 9.33. The molecule has 1 aromatic carbocycles. The van der Waals surface area contributed by atoms with E-state index in [0.717, 1.165) is 19.3 Å². The van der Waals surface area contributed by atoms with E-state index in [1.807, 2.05) is 12.1 Å². The van der Waals surface area contributed by atoms with Gasteiger partial charge in [0, 0.05) is 31.5 Å². The molecule has 2 heterocycles. The zero-order valence-corrected chi connectivity index (χ0v) is 14.0. The first kappa shape index (κ1) is 15.9. The molecule has 0 fully saturated rings. The van der Waals surface area contributed by atoms with Gasteiger partial charge in [0.25, 0.3) is 5.56 Å². The molecule has 1 aromatic heterocycles. The summed E-state index contributed by atoms with van der Waals surface area (Å²) >= 11 is 0. The molecule has 0 atom stereocenters. The highest BCUT2D eigenvalue weighted by atomic mass is 32.2. The molecule has 1 N–H and O–H groups in total. The van der Waals surface area contributed by atoms with E-state index in [-0.39, 0.29) is 10.7 Å². The van der Waals surface area contributed by atoms with Crippen molar-refractivity contribution >= 4 is 9.84 Å². The minimum atomic E-state index is -3.53. The number of aromatic nitrogens is 2. The van der Waals surface area contributed by atoms with Crippen molar-refractivity contribution in [1.82, 2.24) is 14.9 Å². The third-order valence-corrected chi connectivity index (χ3v) is 5.03. The van der Waals surface area contributed by atoms with Crippen molar-refractivity contribution in [3.8, 4) is 0 Å². The van der Waals surface area contributed by atoms with Gasteiger partial charge < -0.3 is 0 Å². The molecule has 0 saturated carbocycles. The van der Waals surface area contributed by atoms with Gasteiger partial charge in [-0.1, -0.05) is 24.3 Å². The molecular formula is C16H19N3O3S. The van der Waals surface area contributed by atoms with Gasteiger partial charge in [-0.2, -0.15) is 0 Å². The Bertz CT molecular complexity index is 903. The van der Waals surface area contributed by atoms with Crippen LogP contribution in [-0.2, 0) is 29.3 Å². The third-order valence-electron chi connectivity index (χ3n) is 4.14. The molecule has 23 heavy (non-hydrogen) atoms. The Kier molecular flexibility index (Phi) is 4.08. The van der Waals surface area contributed by atoms with E-state index < -0.39 is 9.84 Å². The van der Waals surface area contributed by atoms with E-state index in [9.17, 15) is 13.2 Å². The highest BCUT2D eigenvalue weighted by Crippen LogP contribution is 2.18. The second-order valence-corrected chi connectivity index (χ2v) is 7.89. The van der Waals surface area contributed by atoms with Crippen LogP contribution >= 0.6 is 0 Å². The van der Waals surface area contributed by atoms with Crippen LogP contribution in [0.25, 0.3) is 0 Å². The average Bonchev–Trinajstić information content (AvgIpc) is 2.48. The number of aryl methyl sites for hydroxylation is 1. The van der Waals surface area contributed by atoms with Gasteiger partial charge in [-0.15, -0.1) is 0 Å². The fourth-order valence-electron chi connectivity index (χ4n) is 2.81. The molecular weight excluding hydrogens is 314 g/mol. The minimum Gasteiger partial charge on any atom is -0.297 e. The maximum atomic E-state index is 12.1. The maximum Gasteiger partial charge on any atom is 0.255 e. The monoisotopic (exact) mass is 333 g/mol. The molecule has 0 radical (unpaired) electrons. The second-order valence-electron chi connectivity index (χ2n) is 5.96. The van der Waals surface area contributed by atoms with Gasteiger partial charge in [0.2, 0.25) is 15.0 Å². The Labute approximate surface area is 135 Å². The van der Waals surface area contributed by atoms with Crippen molar-refractivity contribution in [3.05, 3.63) is 57.0 Å². The summed E-state index contributed by atoms with van der Waals surface area (Å²) in [6.45, 7) is 4.06. The van der Waals surface area contributed by atoms with Crippen LogP contribution in [0.5, 0.6) is 0 Å². The Morgan fingerprint density at radius 2 is 2.04 bits per heavy atom. The van der Waals surface area contributed by atoms with Crippen LogP contribution in [-0.4, -0.2) is 36.1 Å². The topological polar surface area (TPSA) is 83.1 Å². The van der Waals surface area contributed by atoms with Gasteiger partial charge in [0.05, 0.1) is 5.69 Å². The van der Waals surface area contributed by atoms with Crippen molar-refractivity contribution in [2.45, 2.75) is 31.6 Å². The number of nitrogens with one attached hydrogen (secondary N) is 1. The quantitative estimate of drug-likeness (QED) is 0.849. The van der Waals surface area contributed by atoms with Gasteiger partial charge in [0.15, 0.2) is 0 Å². The van der Waals surface area contributed by atoms with Crippen molar-refractivity contribution < 1.29 is 8.42 Å². The maximum absolute atomic E-state index is 12.1. The SMILES string of the molecule is Cc1ccccc1CN1CCc2c(nc(S(C)(=O)=O)[nH]c2=O)C1. The van der Waals surface area contributed by atoms with E-state index in [0.29, 0.717) is 24.2 Å². The van der Waals surface area contributed by atoms with Crippen LogP contribution in [0.3, 0.4) is 0 Å². The molecule has 6 nitrogen and oxygen atoms in total. The second kappa shape index (κ2) is 5.90. The number of benzene rings is 1. The minimum absolute atomic E-state index is 0.251. The Hall–Kier alpha value is -1.99. The summed E-state index contributed by atoms with van der Waals surface area (Å²) in [5, 5.41) is -0.251. The predicted molar refractivity (Wildman–Crippen MR) is 87.0 cm³/mol. The van der Waals surface area contributed by atoms with E-state index in [1.165, 1.54) is 11.1 Å². The predicted octanol–water partition coefficient (Wildman–Crippen LogP) is 1.04. The van der Waals surface area contributed by atoms with Crippen molar-refractivity contribution in [1.29, 1.82) is 0 Å². The summed E-state index contributed by atoms with van der Waals surface area (Å²) in [4.78, 5) is 20.8. The number of rotatable bonds is 3. The van der Waals surface area contributed by atoms with Crippen molar-refractivity contribution in [3.63, 3.8) is 0 Å². The van der Waals surface area contributed by atoms with E-state index >= 15 is 0 Å². The lowest BCUT2D eigenvalue weighted by Crippen LogP contribution is -2.35. The number of hydrogen-bond donors (Lipinski definition) is 1. The van der Waals surface area contributed by atoms with Crippen LogP contribution in [0, 0.1) is 6.92 Å². The normalized spacial score (nSPS) is 15.4. The van der Waals surface area contributed by atoms with Gasteiger partial charge >= 0.3 is 0 Å². The number of H-pyrrole nitrogens is 1. The zero-order chi connectivity index (χ0) is 16.6. The molecule has 122 valence electrons. The number of fused-ring (bicyclic) bond motifs is 1. The lowest BCUT2D eigenvalue weighted by molar-refractivity contribution is 0.239. The van der Waals surface area contributed by atoms with Gasteiger partial charge in [-0.3, -0.25) is 14.7 Å². The van der Waals surface area contributed by atoms with Gasteiger partial charge in [-0.25, -0.2) is 13.4 Å². The average molecular weight is 333 g/mol. The summed E-state index contributed by atoms with van der Waals surface area (Å²) in [5.74, 6) is 0. The lowest BCUT2D eigenvalue weighted by Gasteiger charge is -2.28. The number of hydrogen-bond acceptors (Lipinski definition) is 5. The summed E-state index contributed by atoms with van der Waals surface area (Å²) in [6, 6.07) is 8.16. The van der Waals surface area contributed by atoms with Crippen LogP contribution < -0.4 is 5.56 Å². The van der Waals surface area contributed by atoms with Crippen LogP contribution in [0.2, 0.25) is 0 Å². The summed E-state index contributed by atoms with van der Waals surface area (Å²) in [5.41, 5.74) is 3.26. The summed E-state index contributed by atoms with van der Waals surface area (Å²) in [7, 11) is -3.53. The van der Waals surface area contributed by atoms with Crippen LogP contribution in [0.1, 0.15) is 22.4 Å². The molecule has 0 amide bonds. The molecule has 3 rings (SSSR count). The first-order chi connectivity index (χ1) is 10.8. The molecule has 0 saturated heterocycles. The lowest BCUT2D eigenvalue weighted by atomic mass is 10.0. The highest BCUT2D eigenvalue weighted by molar-refractivity contribution is 7.90. The fraction of sp³-hybridized carbons (Fsp3) is 0.375. The van der Waals surface area contributed by atoms with E-state index in [4.69, 9.17) is 0 Å². The van der Waals surface area contributed by atoms with Crippen LogP contribution in [0.4, 0.5) is 0 Å². The Morgan fingerprint density at radius 1 is 1.30 bits per heavy atom. The number of nitrogens with zero attached hydrogens (tertiary/aromatic N) is 2. The number of sulfone groups is 1. The summed E-state index contributed by atoms with van der Waals surface area (Å²) < 4.78 is 23.3. The molecule has 2 aromatic rings. The third kappa shape index (κ3) is 3.35. The number of aromatic amines is 1. The molecule has 1 aliphatic heterocycles. The molecule has 7 heteroatoms. The zero-order valence-electron chi connectivity index (χ0n) is 13.2. The smallest absolute Gasteiger partial charge is 0.255 e. The van der Waals surface area contributed by atoms with Crippen molar-refractivity contribution in [2.24, 2.45) is 0 Å².